The zero-order valence-electron chi connectivity index (χ0n) is 16.0. The first-order valence-corrected chi connectivity index (χ1v) is 9.02. The van der Waals surface area contributed by atoms with E-state index in [0.29, 0.717) is 17.1 Å². The summed E-state index contributed by atoms with van der Waals surface area (Å²) < 4.78 is 42.5. The number of anilines is 1. The van der Waals surface area contributed by atoms with Gasteiger partial charge in [-0.2, -0.15) is 23.4 Å². The molecule has 0 aliphatic heterocycles. The number of azo groups is 1. The molecule has 1 amide bonds. The molecule has 0 saturated carbocycles. The molecule has 0 aliphatic carbocycles. The van der Waals surface area contributed by atoms with Gasteiger partial charge in [0, 0.05) is 5.69 Å². The second kappa shape index (κ2) is 9.66. The van der Waals surface area contributed by atoms with E-state index in [4.69, 9.17) is 4.74 Å². The van der Waals surface area contributed by atoms with E-state index in [-0.39, 0.29) is 5.56 Å². The molecule has 0 bridgehead atoms. The minimum Gasteiger partial charge on any atom is -0.452 e. The molecular weight excluding hydrogens is 411 g/mol. The standard InChI is InChI=1S/C22H16F3N3O3/c23-22(24,25)16-8-6-15(7-9-16)21(30)31-14-20(29)26-17-10-12-19(13-11-17)28-27-18-4-2-1-3-5-18/h1-13H,14H2,(H,26,29). The van der Waals surface area contributed by atoms with E-state index in [0.717, 1.165) is 24.3 Å². The van der Waals surface area contributed by atoms with Crippen molar-refractivity contribution in [3.05, 3.63) is 90.0 Å². The molecule has 0 aliphatic rings. The molecule has 0 radical (unpaired) electrons. The molecule has 6 nitrogen and oxygen atoms in total. The first kappa shape index (κ1) is 21.7. The van der Waals surface area contributed by atoms with Gasteiger partial charge in [-0.3, -0.25) is 4.79 Å². The van der Waals surface area contributed by atoms with Gasteiger partial charge in [-0.25, -0.2) is 4.79 Å². The Labute approximate surface area is 175 Å². The first-order chi connectivity index (χ1) is 14.8. The Morgan fingerprint density at radius 3 is 1.97 bits per heavy atom. The van der Waals surface area contributed by atoms with Gasteiger partial charge in [-0.15, -0.1) is 0 Å². The van der Waals surface area contributed by atoms with E-state index in [1.54, 1.807) is 24.3 Å². The highest BCUT2D eigenvalue weighted by molar-refractivity contribution is 5.95. The summed E-state index contributed by atoms with van der Waals surface area (Å²) >= 11 is 0. The van der Waals surface area contributed by atoms with Crippen LogP contribution in [0.3, 0.4) is 0 Å². The van der Waals surface area contributed by atoms with Crippen LogP contribution in [-0.4, -0.2) is 18.5 Å². The van der Waals surface area contributed by atoms with Crippen LogP contribution in [0.4, 0.5) is 30.2 Å². The highest BCUT2D eigenvalue weighted by Gasteiger charge is 2.30. The van der Waals surface area contributed by atoms with Crippen LogP contribution in [0.1, 0.15) is 15.9 Å². The van der Waals surface area contributed by atoms with E-state index < -0.39 is 30.2 Å². The molecule has 158 valence electrons. The molecule has 0 aromatic heterocycles. The molecule has 1 N–H and O–H groups in total. The third kappa shape index (κ3) is 6.49. The van der Waals surface area contributed by atoms with Crippen molar-refractivity contribution in [2.24, 2.45) is 10.2 Å². The highest BCUT2D eigenvalue weighted by atomic mass is 19.4. The highest BCUT2D eigenvalue weighted by Crippen LogP contribution is 2.29. The van der Waals surface area contributed by atoms with Crippen LogP contribution < -0.4 is 5.32 Å². The van der Waals surface area contributed by atoms with Crippen LogP contribution in [0.5, 0.6) is 0 Å². The minimum absolute atomic E-state index is 0.0890. The number of nitrogens with one attached hydrogen (secondary N) is 1. The fraction of sp³-hybridized carbons (Fsp3) is 0.0909. The van der Waals surface area contributed by atoms with Crippen molar-refractivity contribution in [1.82, 2.24) is 0 Å². The molecule has 0 atom stereocenters. The lowest BCUT2D eigenvalue weighted by atomic mass is 10.1. The zero-order valence-corrected chi connectivity index (χ0v) is 16.0. The van der Waals surface area contributed by atoms with Gasteiger partial charge in [0.05, 0.1) is 22.5 Å². The third-order valence-electron chi connectivity index (χ3n) is 3.97. The maximum Gasteiger partial charge on any atom is 0.416 e. The SMILES string of the molecule is O=C(COC(=O)c1ccc(C(F)(F)F)cc1)Nc1ccc(N=Nc2ccccc2)cc1. The quantitative estimate of drug-likeness (QED) is 0.392. The summed E-state index contributed by atoms with van der Waals surface area (Å²) in [4.78, 5) is 23.8. The number of benzene rings is 3. The number of esters is 1. The van der Waals surface area contributed by atoms with Gasteiger partial charge >= 0.3 is 12.1 Å². The molecule has 0 fully saturated rings. The molecule has 3 rings (SSSR count). The van der Waals surface area contributed by atoms with E-state index in [2.05, 4.69) is 15.5 Å². The molecule has 3 aromatic carbocycles. The normalized spacial score (nSPS) is 11.3. The van der Waals surface area contributed by atoms with Crippen molar-refractivity contribution in [3.8, 4) is 0 Å². The van der Waals surface area contributed by atoms with Crippen LogP contribution in [0.25, 0.3) is 0 Å². The Hall–Kier alpha value is -4.01. The van der Waals surface area contributed by atoms with Crippen LogP contribution in [0, 0.1) is 0 Å². The predicted molar refractivity (Wildman–Crippen MR) is 107 cm³/mol. The smallest absolute Gasteiger partial charge is 0.416 e. The summed E-state index contributed by atoms with van der Waals surface area (Å²) in [5, 5.41) is 10.7. The van der Waals surface area contributed by atoms with Gasteiger partial charge < -0.3 is 10.1 Å². The minimum atomic E-state index is -4.50. The number of nitrogens with zero attached hydrogens (tertiary/aromatic N) is 2. The van der Waals surface area contributed by atoms with E-state index in [1.807, 2.05) is 30.3 Å². The van der Waals surface area contributed by atoms with Gasteiger partial charge in [0.2, 0.25) is 0 Å². The molecule has 9 heteroatoms. The summed E-state index contributed by atoms with van der Waals surface area (Å²) in [6, 6.07) is 19.2. The number of carbonyl (C=O) groups is 2. The fourth-order valence-corrected chi connectivity index (χ4v) is 2.43. The zero-order chi connectivity index (χ0) is 22.3. The Kier molecular flexibility index (Phi) is 6.76. The number of halogens is 3. The average Bonchev–Trinajstić information content (AvgIpc) is 2.77. The van der Waals surface area contributed by atoms with Crippen LogP contribution in [0.15, 0.2) is 89.1 Å². The van der Waals surface area contributed by atoms with Crippen LogP contribution >= 0.6 is 0 Å². The van der Waals surface area contributed by atoms with E-state index >= 15 is 0 Å². The van der Waals surface area contributed by atoms with Crippen molar-refractivity contribution in [2.75, 3.05) is 11.9 Å². The largest absolute Gasteiger partial charge is 0.452 e. The van der Waals surface area contributed by atoms with Crippen molar-refractivity contribution in [1.29, 1.82) is 0 Å². The van der Waals surface area contributed by atoms with Crippen molar-refractivity contribution < 1.29 is 27.5 Å². The maximum atomic E-state index is 12.5. The molecule has 0 spiro atoms. The number of hydrogen-bond donors (Lipinski definition) is 1. The first-order valence-electron chi connectivity index (χ1n) is 9.02. The number of rotatable bonds is 6. The Morgan fingerprint density at radius 2 is 1.39 bits per heavy atom. The van der Waals surface area contributed by atoms with Gasteiger partial charge in [-0.05, 0) is 60.7 Å². The van der Waals surface area contributed by atoms with E-state index in [1.165, 1.54) is 0 Å². The summed E-state index contributed by atoms with van der Waals surface area (Å²) in [6.07, 6.45) is -4.50. The summed E-state index contributed by atoms with van der Waals surface area (Å²) in [5.41, 5.74) is 0.766. The van der Waals surface area contributed by atoms with Gasteiger partial charge in [0.25, 0.3) is 5.91 Å². The predicted octanol–water partition coefficient (Wildman–Crippen LogP) is 5.92. The van der Waals surface area contributed by atoms with Crippen molar-refractivity contribution in [2.45, 2.75) is 6.18 Å². The lowest BCUT2D eigenvalue weighted by Crippen LogP contribution is -2.21. The van der Waals surface area contributed by atoms with E-state index in [9.17, 15) is 22.8 Å². The second-order valence-corrected chi connectivity index (χ2v) is 6.28. The van der Waals surface area contributed by atoms with Crippen LogP contribution in [0.2, 0.25) is 0 Å². The number of ether oxygens (including phenoxy) is 1. The average molecular weight is 427 g/mol. The number of carbonyl (C=O) groups excluding carboxylic acids is 2. The molecule has 0 unspecified atom stereocenters. The lowest BCUT2D eigenvalue weighted by Gasteiger charge is -2.08. The topological polar surface area (TPSA) is 80.1 Å². The summed E-state index contributed by atoms with van der Waals surface area (Å²) in [5.74, 6) is -1.50. The van der Waals surface area contributed by atoms with Crippen molar-refractivity contribution >= 4 is 28.9 Å². The maximum absolute atomic E-state index is 12.5. The van der Waals surface area contributed by atoms with Gasteiger partial charge in [0.1, 0.15) is 0 Å². The van der Waals surface area contributed by atoms with Crippen molar-refractivity contribution in [3.63, 3.8) is 0 Å². The molecule has 31 heavy (non-hydrogen) atoms. The summed E-state index contributed by atoms with van der Waals surface area (Å²) in [6.45, 7) is -0.588. The molecule has 0 saturated heterocycles. The monoisotopic (exact) mass is 427 g/mol. The number of amides is 1. The van der Waals surface area contributed by atoms with Gasteiger partial charge in [0.15, 0.2) is 6.61 Å². The van der Waals surface area contributed by atoms with Gasteiger partial charge in [-0.1, -0.05) is 18.2 Å². The molecular formula is C22H16F3N3O3. The number of hydrogen-bond acceptors (Lipinski definition) is 5. The molecule has 0 heterocycles. The lowest BCUT2D eigenvalue weighted by molar-refractivity contribution is -0.137. The Bertz CT molecular complexity index is 1070. The second-order valence-electron chi connectivity index (χ2n) is 6.28. The Morgan fingerprint density at radius 1 is 0.806 bits per heavy atom. The summed E-state index contributed by atoms with van der Waals surface area (Å²) in [7, 11) is 0. The van der Waals surface area contributed by atoms with Crippen LogP contribution in [-0.2, 0) is 15.7 Å². The number of alkyl halides is 3. The third-order valence-corrected chi connectivity index (χ3v) is 3.97. The fourth-order valence-electron chi connectivity index (χ4n) is 2.43. The Balaban J connectivity index is 1.49. The molecule has 3 aromatic rings.